The first kappa shape index (κ1) is 31.0. The van der Waals surface area contributed by atoms with Crippen molar-refractivity contribution in [2.24, 2.45) is 4.99 Å². The Morgan fingerprint density at radius 3 is 2.48 bits per heavy atom. The van der Waals surface area contributed by atoms with Gasteiger partial charge in [-0.2, -0.15) is 0 Å². The van der Waals surface area contributed by atoms with E-state index in [1.54, 1.807) is 60.0 Å². The van der Waals surface area contributed by atoms with Crippen LogP contribution in [0.4, 0.5) is 10.1 Å². The average molecular weight is 654 g/mol. The number of rotatable bonds is 9. The summed E-state index contributed by atoms with van der Waals surface area (Å²) in [6.07, 6.45) is 1.72. The number of hydrogen-bond donors (Lipinski definition) is 1. The second-order valence-electron chi connectivity index (χ2n) is 10.5. The molecule has 232 valence electrons. The molecule has 4 aromatic carbocycles. The van der Waals surface area contributed by atoms with Crippen molar-refractivity contribution in [3.63, 3.8) is 0 Å². The van der Waals surface area contributed by atoms with E-state index in [9.17, 15) is 14.0 Å². The maximum Gasteiger partial charge on any atom is 0.271 e. The van der Waals surface area contributed by atoms with Gasteiger partial charge in [0.25, 0.3) is 11.5 Å². The van der Waals surface area contributed by atoms with Crippen LogP contribution in [0.5, 0.6) is 11.5 Å². The third kappa shape index (κ3) is 6.66. The molecule has 0 bridgehead atoms. The topological polar surface area (TPSA) is 81.9 Å². The molecule has 0 spiro atoms. The van der Waals surface area contributed by atoms with Gasteiger partial charge in [0.2, 0.25) is 0 Å². The Kier molecular flexibility index (Phi) is 9.14. The van der Waals surface area contributed by atoms with E-state index >= 15 is 0 Å². The number of allylic oxidation sites excluding steroid dienone is 1. The second kappa shape index (κ2) is 13.6. The third-order valence-electron chi connectivity index (χ3n) is 7.37. The number of ether oxygens (including phenoxy) is 2. The monoisotopic (exact) mass is 653 g/mol. The fourth-order valence-corrected chi connectivity index (χ4v) is 6.42. The van der Waals surface area contributed by atoms with Crippen LogP contribution in [0.25, 0.3) is 6.08 Å². The highest BCUT2D eigenvalue weighted by Crippen LogP contribution is 2.32. The fourth-order valence-electron chi connectivity index (χ4n) is 5.21. The van der Waals surface area contributed by atoms with E-state index < -0.39 is 6.04 Å². The van der Waals surface area contributed by atoms with Gasteiger partial charge in [0, 0.05) is 16.3 Å². The number of fused-ring (bicyclic) bond motifs is 1. The lowest BCUT2D eigenvalue weighted by Crippen LogP contribution is -2.40. The summed E-state index contributed by atoms with van der Waals surface area (Å²) in [5, 5.41) is 3.43. The molecule has 6 rings (SSSR count). The van der Waals surface area contributed by atoms with Gasteiger partial charge in [0.15, 0.2) is 4.80 Å². The molecule has 46 heavy (non-hydrogen) atoms. The maximum absolute atomic E-state index is 14.2. The van der Waals surface area contributed by atoms with Gasteiger partial charge < -0.3 is 14.8 Å². The molecule has 1 amide bonds. The Balaban J connectivity index is 1.43. The Hall–Kier alpha value is -4.99. The van der Waals surface area contributed by atoms with Crippen LogP contribution in [0.1, 0.15) is 36.6 Å². The zero-order chi connectivity index (χ0) is 32.2. The molecule has 5 aromatic rings. The third-order valence-corrected chi connectivity index (χ3v) is 8.59. The van der Waals surface area contributed by atoms with Gasteiger partial charge in [-0.1, -0.05) is 65.4 Å². The molecule has 1 aliphatic heterocycles. The number of carbonyl (C=O) groups excluding carboxylic acids is 1. The molecular formula is C36H29ClFN3O4S. The summed E-state index contributed by atoms with van der Waals surface area (Å²) in [5.41, 5.74) is 3.29. The van der Waals surface area contributed by atoms with Crippen LogP contribution in [0, 0.1) is 5.82 Å². The smallest absolute Gasteiger partial charge is 0.271 e. The van der Waals surface area contributed by atoms with E-state index in [0.717, 1.165) is 11.1 Å². The van der Waals surface area contributed by atoms with E-state index in [2.05, 4.69) is 5.32 Å². The highest BCUT2D eigenvalue weighted by Gasteiger charge is 2.32. The van der Waals surface area contributed by atoms with E-state index in [4.69, 9.17) is 26.1 Å². The Bertz CT molecular complexity index is 2110. The van der Waals surface area contributed by atoms with Crippen LogP contribution >= 0.6 is 22.9 Å². The highest BCUT2D eigenvalue weighted by molar-refractivity contribution is 7.07. The van der Waals surface area contributed by atoms with Gasteiger partial charge in [-0.3, -0.25) is 14.2 Å². The van der Waals surface area contributed by atoms with Crippen LogP contribution in [-0.2, 0) is 11.4 Å². The molecular weight excluding hydrogens is 625 g/mol. The van der Waals surface area contributed by atoms with Gasteiger partial charge in [-0.25, -0.2) is 9.38 Å². The Morgan fingerprint density at radius 2 is 1.76 bits per heavy atom. The minimum absolute atomic E-state index is 0.195. The van der Waals surface area contributed by atoms with Gasteiger partial charge in [0.1, 0.15) is 23.9 Å². The first-order chi connectivity index (χ1) is 22.3. The van der Waals surface area contributed by atoms with Crippen molar-refractivity contribution in [2.45, 2.75) is 26.5 Å². The number of halogens is 2. The van der Waals surface area contributed by atoms with Crippen LogP contribution in [-0.4, -0.2) is 17.1 Å². The van der Waals surface area contributed by atoms with Crippen molar-refractivity contribution in [1.82, 2.24) is 4.57 Å². The number of nitrogens with zero attached hydrogens (tertiary/aromatic N) is 2. The van der Waals surface area contributed by atoms with Crippen molar-refractivity contribution < 1.29 is 18.7 Å². The van der Waals surface area contributed by atoms with Crippen molar-refractivity contribution >= 4 is 40.6 Å². The molecule has 0 saturated carbocycles. The summed E-state index contributed by atoms with van der Waals surface area (Å²) in [6, 6.07) is 27.0. The number of anilines is 1. The van der Waals surface area contributed by atoms with Gasteiger partial charge >= 0.3 is 0 Å². The molecule has 0 aliphatic carbocycles. The lowest BCUT2D eigenvalue weighted by molar-refractivity contribution is -0.113. The number of amides is 1. The highest BCUT2D eigenvalue weighted by atomic mass is 35.5. The second-order valence-corrected chi connectivity index (χ2v) is 11.9. The lowest BCUT2D eigenvalue weighted by Gasteiger charge is -2.25. The predicted octanol–water partition coefficient (Wildman–Crippen LogP) is 6.64. The number of aromatic nitrogens is 1. The van der Waals surface area contributed by atoms with Crippen LogP contribution in [0.3, 0.4) is 0 Å². The number of carbonyl (C=O) groups is 1. The van der Waals surface area contributed by atoms with Crippen molar-refractivity contribution in [1.29, 1.82) is 0 Å². The zero-order valence-electron chi connectivity index (χ0n) is 25.0. The van der Waals surface area contributed by atoms with E-state index in [1.165, 1.54) is 23.5 Å². The summed E-state index contributed by atoms with van der Waals surface area (Å²) < 4.78 is 27.0. The first-order valence-electron chi connectivity index (χ1n) is 14.6. The molecule has 7 nitrogen and oxygen atoms in total. The van der Waals surface area contributed by atoms with Crippen LogP contribution < -0.4 is 29.7 Å². The average Bonchev–Trinajstić information content (AvgIpc) is 3.35. The standard InChI is InChI=1S/C36H29ClFN3O4S/c1-3-44-29-16-11-24(12-17-29)33-32(34(42)40-28-7-5-4-6-8-28)22(2)39-36-41(33)35(43)31(46-36)20-25-19-26(37)13-18-30(25)45-21-23-9-14-27(38)15-10-23/h4-20,33H,3,21H2,1-2H3,(H,40,42)/b31-20-/t33-/m1/s1. The van der Waals surface area contributed by atoms with Crippen molar-refractivity contribution in [3.8, 4) is 11.5 Å². The summed E-state index contributed by atoms with van der Waals surface area (Å²) in [6.45, 7) is 4.39. The largest absolute Gasteiger partial charge is 0.494 e. The molecule has 0 fully saturated rings. The number of nitrogens with one attached hydrogen (secondary N) is 1. The van der Waals surface area contributed by atoms with Gasteiger partial charge in [-0.15, -0.1) is 0 Å². The number of para-hydroxylation sites is 1. The van der Waals surface area contributed by atoms with Gasteiger partial charge in [0.05, 0.1) is 28.5 Å². The Labute approximate surface area is 273 Å². The summed E-state index contributed by atoms with van der Waals surface area (Å²) in [4.78, 5) is 33.2. The number of benzene rings is 4. The van der Waals surface area contributed by atoms with E-state index in [-0.39, 0.29) is 23.9 Å². The number of hydrogen-bond acceptors (Lipinski definition) is 6. The molecule has 0 radical (unpaired) electrons. The maximum atomic E-state index is 14.2. The van der Waals surface area contributed by atoms with E-state index in [1.807, 2.05) is 49.4 Å². The lowest BCUT2D eigenvalue weighted by atomic mass is 9.95. The minimum atomic E-state index is -0.744. The Morgan fingerprint density at radius 1 is 1.02 bits per heavy atom. The van der Waals surface area contributed by atoms with Crippen LogP contribution in [0.15, 0.2) is 118 Å². The van der Waals surface area contributed by atoms with Crippen molar-refractivity contribution in [3.05, 3.63) is 156 Å². The first-order valence-corrected chi connectivity index (χ1v) is 15.8. The molecule has 1 atom stereocenters. The molecule has 1 N–H and O–H groups in total. The fraction of sp³-hybridized carbons (Fsp3) is 0.139. The quantitative estimate of drug-likeness (QED) is 0.193. The zero-order valence-corrected chi connectivity index (χ0v) is 26.6. The summed E-state index contributed by atoms with van der Waals surface area (Å²) in [5.74, 6) is 0.503. The molecule has 0 unspecified atom stereocenters. The summed E-state index contributed by atoms with van der Waals surface area (Å²) >= 11 is 7.58. The SMILES string of the molecule is CCOc1ccc([C@@H]2C(C(=O)Nc3ccccc3)=C(C)N=c3s/c(=C\c4cc(Cl)ccc4OCc4ccc(F)cc4)c(=O)n32)cc1. The molecule has 0 saturated heterocycles. The predicted molar refractivity (Wildman–Crippen MR) is 179 cm³/mol. The van der Waals surface area contributed by atoms with Gasteiger partial charge in [-0.05, 0) is 85.6 Å². The molecule has 1 aromatic heterocycles. The van der Waals surface area contributed by atoms with Crippen molar-refractivity contribution in [2.75, 3.05) is 11.9 Å². The normalized spacial score (nSPS) is 14.4. The summed E-state index contributed by atoms with van der Waals surface area (Å²) in [7, 11) is 0. The van der Waals surface area contributed by atoms with Crippen LogP contribution in [0.2, 0.25) is 5.02 Å². The number of thiazole rings is 1. The van der Waals surface area contributed by atoms with E-state index in [0.29, 0.717) is 55.0 Å². The molecule has 2 heterocycles. The molecule has 1 aliphatic rings. The minimum Gasteiger partial charge on any atom is -0.494 e. The molecule has 10 heteroatoms.